The number of nitrogens with zero attached hydrogens (tertiary/aromatic N) is 2. The van der Waals surface area contributed by atoms with Crippen LogP contribution in [0.2, 0.25) is 0 Å². The Labute approximate surface area is 52.8 Å². The summed E-state index contributed by atoms with van der Waals surface area (Å²) in [7, 11) is 0. The molecule has 0 amide bonds. The number of hydrogen-bond donors (Lipinski definition) is 0. The Balaban J connectivity index is 2.95. The fraction of sp³-hybridized carbons (Fsp3) is 0. The summed E-state index contributed by atoms with van der Waals surface area (Å²) in [6, 6.07) is 5.72. The molecule has 1 radical (unpaired) electrons. The van der Waals surface area contributed by atoms with Crippen LogP contribution in [-0.4, -0.2) is 9.38 Å². The summed E-state index contributed by atoms with van der Waals surface area (Å²) in [5, 5.41) is 0. The van der Waals surface area contributed by atoms with Gasteiger partial charge in [0.2, 0.25) is 0 Å². The summed E-state index contributed by atoms with van der Waals surface area (Å²) >= 11 is 0. The van der Waals surface area contributed by atoms with E-state index in [2.05, 4.69) is 11.2 Å². The minimum atomic E-state index is 0.942. The van der Waals surface area contributed by atoms with Crippen LogP contribution in [0, 0.1) is 6.20 Å². The van der Waals surface area contributed by atoms with Crippen molar-refractivity contribution >= 4 is 5.65 Å². The Morgan fingerprint density at radius 1 is 1.56 bits per heavy atom. The van der Waals surface area contributed by atoms with Gasteiger partial charge in [0.05, 0.1) is 6.20 Å². The maximum absolute atomic E-state index is 4.05. The van der Waals surface area contributed by atoms with Gasteiger partial charge in [0, 0.05) is 12.4 Å². The SMILES string of the molecule is [c]1cccc2nccn12. The molecule has 0 aliphatic rings. The molecule has 0 N–H and O–H groups in total. The second-order valence-electron chi connectivity index (χ2n) is 1.81. The molecule has 0 aliphatic carbocycles. The fourth-order valence-electron chi connectivity index (χ4n) is 0.805. The van der Waals surface area contributed by atoms with Crippen molar-refractivity contribution in [3.63, 3.8) is 0 Å². The molecule has 0 aromatic carbocycles. The van der Waals surface area contributed by atoms with E-state index < -0.39 is 0 Å². The van der Waals surface area contributed by atoms with E-state index in [0.29, 0.717) is 0 Å². The number of hydrogen-bond acceptors (Lipinski definition) is 1. The van der Waals surface area contributed by atoms with Crippen molar-refractivity contribution in [3.8, 4) is 0 Å². The Kier molecular flexibility index (Phi) is 0.803. The van der Waals surface area contributed by atoms with Crippen LogP contribution < -0.4 is 0 Å². The highest BCUT2D eigenvalue weighted by molar-refractivity contribution is 5.36. The summed E-state index contributed by atoms with van der Waals surface area (Å²) in [6.07, 6.45) is 6.61. The van der Waals surface area contributed by atoms with E-state index >= 15 is 0 Å². The molecular formula is C7H5N2. The monoisotopic (exact) mass is 117 g/mol. The van der Waals surface area contributed by atoms with Crippen LogP contribution in [0.4, 0.5) is 0 Å². The molecule has 2 rings (SSSR count). The average molecular weight is 117 g/mol. The molecule has 2 aromatic rings. The second-order valence-corrected chi connectivity index (χ2v) is 1.81. The second kappa shape index (κ2) is 1.58. The van der Waals surface area contributed by atoms with E-state index in [9.17, 15) is 0 Å². The Morgan fingerprint density at radius 3 is 3.44 bits per heavy atom. The Morgan fingerprint density at radius 2 is 2.56 bits per heavy atom. The van der Waals surface area contributed by atoms with E-state index in [1.165, 1.54) is 0 Å². The largest absolute Gasteiger partial charge is 0.298 e. The first kappa shape index (κ1) is 4.56. The molecule has 0 fully saturated rings. The number of rotatable bonds is 0. The van der Waals surface area contributed by atoms with Crippen molar-refractivity contribution in [2.24, 2.45) is 0 Å². The van der Waals surface area contributed by atoms with Crippen LogP contribution in [-0.2, 0) is 0 Å². The number of fused-ring (bicyclic) bond motifs is 1. The molecule has 2 heterocycles. The van der Waals surface area contributed by atoms with Gasteiger partial charge in [0.15, 0.2) is 0 Å². The zero-order valence-electron chi connectivity index (χ0n) is 4.78. The lowest BCUT2D eigenvalue weighted by Gasteiger charge is -1.85. The van der Waals surface area contributed by atoms with Gasteiger partial charge in [-0.1, -0.05) is 6.07 Å². The van der Waals surface area contributed by atoms with Crippen molar-refractivity contribution in [1.29, 1.82) is 0 Å². The molecule has 43 valence electrons. The molecule has 2 aromatic heterocycles. The summed E-state index contributed by atoms with van der Waals surface area (Å²) in [5.41, 5.74) is 0.942. The van der Waals surface area contributed by atoms with E-state index in [-0.39, 0.29) is 0 Å². The lowest BCUT2D eigenvalue weighted by atomic mass is 10.5. The third kappa shape index (κ3) is 0.598. The van der Waals surface area contributed by atoms with Crippen LogP contribution >= 0.6 is 0 Å². The van der Waals surface area contributed by atoms with Crippen molar-refractivity contribution in [3.05, 3.63) is 36.8 Å². The first-order valence-corrected chi connectivity index (χ1v) is 2.76. The first-order chi connectivity index (χ1) is 4.47. The normalized spacial score (nSPS) is 10.2. The zero-order chi connectivity index (χ0) is 6.10. The highest BCUT2D eigenvalue weighted by Crippen LogP contribution is 1.95. The number of imidazole rings is 1. The van der Waals surface area contributed by atoms with Crippen LogP contribution in [0.15, 0.2) is 30.6 Å². The van der Waals surface area contributed by atoms with Gasteiger partial charge in [0.25, 0.3) is 0 Å². The molecule has 0 unspecified atom stereocenters. The third-order valence-corrected chi connectivity index (χ3v) is 1.22. The van der Waals surface area contributed by atoms with Crippen molar-refractivity contribution in [2.45, 2.75) is 0 Å². The van der Waals surface area contributed by atoms with Crippen LogP contribution in [0.5, 0.6) is 0 Å². The molecule has 0 spiro atoms. The molecule has 0 saturated carbocycles. The molecule has 0 aliphatic heterocycles. The third-order valence-electron chi connectivity index (χ3n) is 1.22. The van der Waals surface area contributed by atoms with Gasteiger partial charge in [-0.25, -0.2) is 4.98 Å². The van der Waals surface area contributed by atoms with Crippen molar-refractivity contribution in [2.75, 3.05) is 0 Å². The predicted octanol–water partition coefficient (Wildman–Crippen LogP) is 1.13. The van der Waals surface area contributed by atoms with Crippen molar-refractivity contribution < 1.29 is 0 Å². The minimum Gasteiger partial charge on any atom is -0.298 e. The van der Waals surface area contributed by atoms with Gasteiger partial charge >= 0.3 is 0 Å². The van der Waals surface area contributed by atoms with E-state index in [1.807, 2.05) is 28.8 Å². The van der Waals surface area contributed by atoms with Crippen LogP contribution in [0.3, 0.4) is 0 Å². The Bertz CT molecular complexity index is 281. The van der Waals surface area contributed by atoms with Gasteiger partial charge in [-0.3, -0.25) is 4.40 Å². The topological polar surface area (TPSA) is 17.3 Å². The molecule has 0 atom stereocenters. The molecule has 0 saturated heterocycles. The summed E-state index contributed by atoms with van der Waals surface area (Å²) in [4.78, 5) is 4.05. The molecule has 9 heavy (non-hydrogen) atoms. The first-order valence-electron chi connectivity index (χ1n) is 2.76. The standard InChI is InChI=1S/C7H5N2/c1-2-5-9-6-4-8-7(9)3-1/h1-4,6H. The molecule has 2 nitrogen and oxygen atoms in total. The highest BCUT2D eigenvalue weighted by Gasteiger charge is 1.86. The smallest absolute Gasteiger partial charge is 0.137 e. The quantitative estimate of drug-likeness (QED) is 0.505. The van der Waals surface area contributed by atoms with Gasteiger partial charge in [-0.05, 0) is 12.1 Å². The molecular weight excluding hydrogens is 112 g/mol. The predicted molar refractivity (Wildman–Crippen MR) is 34.0 cm³/mol. The Hall–Kier alpha value is -1.31. The van der Waals surface area contributed by atoms with Gasteiger partial charge in [0.1, 0.15) is 5.65 Å². The van der Waals surface area contributed by atoms with E-state index in [4.69, 9.17) is 0 Å². The van der Waals surface area contributed by atoms with Crippen LogP contribution in [0.25, 0.3) is 5.65 Å². The maximum Gasteiger partial charge on any atom is 0.137 e. The van der Waals surface area contributed by atoms with Gasteiger partial charge < -0.3 is 0 Å². The zero-order valence-corrected chi connectivity index (χ0v) is 4.78. The van der Waals surface area contributed by atoms with Gasteiger partial charge in [-0.2, -0.15) is 0 Å². The number of pyridine rings is 1. The highest BCUT2D eigenvalue weighted by atomic mass is 15.0. The summed E-state index contributed by atoms with van der Waals surface area (Å²) in [6.45, 7) is 0. The van der Waals surface area contributed by atoms with E-state index in [1.54, 1.807) is 6.20 Å². The lowest BCUT2D eigenvalue weighted by molar-refractivity contribution is 1.17. The molecule has 2 heteroatoms. The van der Waals surface area contributed by atoms with Crippen molar-refractivity contribution in [1.82, 2.24) is 9.38 Å². The number of aromatic nitrogens is 2. The lowest BCUT2D eigenvalue weighted by Crippen LogP contribution is -1.78. The minimum absolute atomic E-state index is 0.942. The van der Waals surface area contributed by atoms with E-state index in [0.717, 1.165) is 5.65 Å². The summed E-state index contributed by atoms with van der Waals surface area (Å²) < 4.78 is 1.85. The fourth-order valence-corrected chi connectivity index (χ4v) is 0.805. The summed E-state index contributed by atoms with van der Waals surface area (Å²) in [5.74, 6) is 0. The maximum atomic E-state index is 4.05. The molecule has 0 bridgehead atoms. The average Bonchev–Trinajstić information content (AvgIpc) is 2.33. The van der Waals surface area contributed by atoms with Gasteiger partial charge in [-0.15, -0.1) is 0 Å². The van der Waals surface area contributed by atoms with Crippen LogP contribution in [0.1, 0.15) is 0 Å².